The maximum atomic E-state index is 13.2. The first kappa shape index (κ1) is 22.7. The van der Waals surface area contributed by atoms with Crippen molar-refractivity contribution in [3.05, 3.63) is 89.5 Å². The van der Waals surface area contributed by atoms with Crippen LogP contribution in [0.2, 0.25) is 0 Å². The van der Waals surface area contributed by atoms with E-state index in [1.165, 1.54) is 0 Å². The summed E-state index contributed by atoms with van der Waals surface area (Å²) in [5, 5.41) is 12.1. The fraction of sp³-hybridized carbons (Fsp3) is 0.250. The molecule has 1 saturated heterocycles. The number of nitrogens with zero attached hydrogens (tertiary/aromatic N) is 1. The lowest BCUT2D eigenvalue weighted by Crippen LogP contribution is -2.38. The molecule has 3 aromatic rings. The Morgan fingerprint density at radius 3 is 2.17 bits per heavy atom. The summed E-state index contributed by atoms with van der Waals surface area (Å²) in [6, 6.07) is 22.5. The van der Waals surface area contributed by atoms with Crippen LogP contribution in [0, 0.1) is 5.92 Å². The van der Waals surface area contributed by atoms with Crippen LogP contribution < -0.4 is 5.32 Å². The highest BCUT2D eigenvalue weighted by Gasteiger charge is 2.39. The SMILES string of the molecule is CC1C(C(=O)O)CCN1C(=O)c1ccccc1NC(=O)OCC1c2ccccc2-c2ccccc21. The largest absolute Gasteiger partial charge is 0.481 e. The molecule has 1 fully saturated rings. The molecule has 0 spiro atoms. The van der Waals surface area contributed by atoms with Gasteiger partial charge in [0.05, 0.1) is 17.2 Å². The van der Waals surface area contributed by atoms with Gasteiger partial charge in [-0.1, -0.05) is 60.7 Å². The maximum absolute atomic E-state index is 13.2. The van der Waals surface area contributed by atoms with E-state index in [0.29, 0.717) is 24.2 Å². The van der Waals surface area contributed by atoms with Crippen LogP contribution in [0.4, 0.5) is 10.5 Å². The number of likely N-dealkylation sites (tertiary alicyclic amines) is 1. The number of nitrogens with one attached hydrogen (secondary N) is 1. The van der Waals surface area contributed by atoms with Gasteiger partial charge in [-0.05, 0) is 47.7 Å². The number of para-hydroxylation sites is 1. The number of aliphatic carboxylic acids is 1. The highest BCUT2D eigenvalue weighted by molar-refractivity contribution is 6.03. The van der Waals surface area contributed by atoms with Crippen molar-refractivity contribution in [2.45, 2.75) is 25.3 Å². The maximum Gasteiger partial charge on any atom is 0.411 e. The Morgan fingerprint density at radius 2 is 1.54 bits per heavy atom. The summed E-state index contributed by atoms with van der Waals surface area (Å²) >= 11 is 0. The van der Waals surface area contributed by atoms with Crippen molar-refractivity contribution in [3.63, 3.8) is 0 Å². The fourth-order valence-electron chi connectivity index (χ4n) is 5.23. The Morgan fingerprint density at radius 1 is 0.943 bits per heavy atom. The molecule has 0 bridgehead atoms. The van der Waals surface area contributed by atoms with Gasteiger partial charge in [0, 0.05) is 18.5 Å². The second-order valence-corrected chi connectivity index (χ2v) is 8.97. The normalized spacial score (nSPS) is 18.6. The van der Waals surface area contributed by atoms with Crippen molar-refractivity contribution in [2.75, 3.05) is 18.5 Å². The van der Waals surface area contributed by atoms with Crippen LogP contribution in [0.3, 0.4) is 0 Å². The van der Waals surface area contributed by atoms with Crippen LogP contribution in [0.15, 0.2) is 72.8 Å². The highest BCUT2D eigenvalue weighted by Crippen LogP contribution is 2.44. The smallest absolute Gasteiger partial charge is 0.411 e. The van der Waals surface area contributed by atoms with Crippen LogP contribution in [0.1, 0.15) is 40.7 Å². The summed E-state index contributed by atoms with van der Waals surface area (Å²) in [6.45, 7) is 2.26. The van der Waals surface area contributed by atoms with E-state index in [1.54, 1.807) is 36.1 Å². The van der Waals surface area contributed by atoms with E-state index in [9.17, 15) is 19.5 Å². The van der Waals surface area contributed by atoms with Gasteiger partial charge in [0.25, 0.3) is 5.91 Å². The molecule has 2 amide bonds. The summed E-state index contributed by atoms with van der Waals surface area (Å²) in [7, 11) is 0. The number of hydrogen-bond donors (Lipinski definition) is 2. The van der Waals surface area contributed by atoms with E-state index >= 15 is 0 Å². The van der Waals surface area contributed by atoms with Gasteiger partial charge >= 0.3 is 12.1 Å². The topological polar surface area (TPSA) is 95.9 Å². The molecule has 1 heterocycles. The minimum absolute atomic E-state index is 0.0663. The molecule has 35 heavy (non-hydrogen) atoms. The number of hydrogen-bond acceptors (Lipinski definition) is 4. The van der Waals surface area contributed by atoms with Crippen molar-refractivity contribution >= 4 is 23.7 Å². The van der Waals surface area contributed by atoms with E-state index in [2.05, 4.69) is 29.6 Å². The molecule has 3 aromatic carbocycles. The van der Waals surface area contributed by atoms with Gasteiger partial charge in [0.1, 0.15) is 6.61 Å². The van der Waals surface area contributed by atoms with Gasteiger partial charge < -0.3 is 14.7 Å². The zero-order chi connectivity index (χ0) is 24.5. The van der Waals surface area contributed by atoms with Crippen LogP contribution in [-0.4, -0.2) is 47.2 Å². The minimum Gasteiger partial charge on any atom is -0.481 e. The molecule has 0 radical (unpaired) electrons. The predicted octanol–water partition coefficient (Wildman–Crippen LogP) is 4.98. The third-order valence-corrected chi connectivity index (χ3v) is 7.07. The second-order valence-electron chi connectivity index (χ2n) is 8.97. The molecule has 178 valence electrons. The lowest BCUT2D eigenvalue weighted by atomic mass is 9.98. The quantitative estimate of drug-likeness (QED) is 0.548. The predicted molar refractivity (Wildman–Crippen MR) is 131 cm³/mol. The van der Waals surface area contributed by atoms with Crippen LogP contribution in [0.25, 0.3) is 11.1 Å². The van der Waals surface area contributed by atoms with Gasteiger partial charge in [-0.25, -0.2) is 4.79 Å². The van der Waals surface area contributed by atoms with E-state index in [0.717, 1.165) is 22.3 Å². The molecule has 1 aliphatic carbocycles. The Labute approximate surface area is 203 Å². The Kier molecular flexibility index (Phi) is 5.99. The standard InChI is InChI=1S/C28H26N2O5/c1-17-18(27(32)33)14-15-30(17)26(31)23-12-6-7-13-25(23)29-28(34)35-16-24-21-10-4-2-8-19(21)20-9-3-5-11-22(20)24/h2-13,17-18,24H,14-16H2,1H3,(H,29,34)(H,32,33). The molecule has 2 aliphatic rings. The number of carboxylic acids is 1. The molecule has 2 atom stereocenters. The zero-order valence-corrected chi connectivity index (χ0v) is 19.3. The molecule has 2 N–H and O–H groups in total. The fourth-order valence-corrected chi connectivity index (χ4v) is 5.23. The summed E-state index contributed by atoms with van der Waals surface area (Å²) < 4.78 is 5.62. The first-order valence-corrected chi connectivity index (χ1v) is 11.7. The third-order valence-electron chi connectivity index (χ3n) is 7.07. The van der Waals surface area contributed by atoms with Crippen molar-refractivity contribution in [1.82, 2.24) is 4.90 Å². The van der Waals surface area contributed by atoms with Gasteiger partial charge in [0.2, 0.25) is 0 Å². The van der Waals surface area contributed by atoms with Crippen molar-refractivity contribution < 1.29 is 24.2 Å². The van der Waals surface area contributed by atoms with Crippen LogP contribution in [-0.2, 0) is 9.53 Å². The van der Waals surface area contributed by atoms with Crippen molar-refractivity contribution in [2.24, 2.45) is 5.92 Å². The highest BCUT2D eigenvalue weighted by atomic mass is 16.5. The van der Waals surface area contributed by atoms with Gasteiger partial charge in [-0.2, -0.15) is 0 Å². The van der Waals surface area contributed by atoms with E-state index < -0.39 is 24.0 Å². The zero-order valence-electron chi connectivity index (χ0n) is 19.3. The molecular weight excluding hydrogens is 444 g/mol. The van der Waals surface area contributed by atoms with Crippen molar-refractivity contribution in [3.8, 4) is 11.1 Å². The molecule has 7 nitrogen and oxygen atoms in total. The number of amides is 2. The van der Waals surface area contributed by atoms with E-state index in [4.69, 9.17) is 4.74 Å². The van der Waals surface area contributed by atoms with Crippen LogP contribution >= 0.6 is 0 Å². The monoisotopic (exact) mass is 470 g/mol. The average molecular weight is 471 g/mol. The molecule has 0 saturated carbocycles. The lowest BCUT2D eigenvalue weighted by Gasteiger charge is -2.24. The molecule has 0 aromatic heterocycles. The average Bonchev–Trinajstić information content (AvgIpc) is 3.41. The second kappa shape index (κ2) is 9.25. The Bertz CT molecular complexity index is 1260. The Balaban J connectivity index is 1.29. The van der Waals surface area contributed by atoms with Gasteiger partial charge in [-0.3, -0.25) is 14.9 Å². The number of fused-ring (bicyclic) bond motifs is 3. The lowest BCUT2D eigenvalue weighted by molar-refractivity contribution is -0.142. The minimum atomic E-state index is -0.905. The molecule has 5 rings (SSSR count). The van der Waals surface area contributed by atoms with E-state index in [-0.39, 0.29) is 18.4 Å². The number of ether oxygens (including phenoxy) is 1. The van der Waals surface area contributed by atoms with Crippen molar-refractivity contribution in [1.29, 1.82) is 0 Å². The number of carbonyl (C=O) groups is 3. The summed E-state index contributed by atoms with van der Waals surface area (Å²) in [5.74, 6) is -1.88. The van der Waals surface area contributed by atoms with E-state index in [1.807, 2.05) is 24.3 Å². The summed E-state index contributed by atoms with van der Waals surface area (Å²) in [4.78, 5) is 39.0. The molecule has 7 heteroatoms. The first-order chi connectivity index (χ1) is 17.0. The summed E-state index contributed by atoms with van der Waals surface area (Å²) in [5.41, 5.74) is 5.17. The third kappa shape index (κ3) is 4.14. The molecule has 1 aliphatic heterocycles. The van der Waals surface area contributed by atoms with Gasteiger partial charge in [0.15, 0.2) is 0 Å². The number of benzene rings is 3. The number of rotatable bonds is 5. The van der Waals surface area contributed by atoms with Gasteiger partial charge in [-0.15, -0.1) is 0 Å². The van der Waals surface area contributed by atoms with Crippen LogP contribution in [0.5, 0.6) is 0 Å². The number of carboxylic acid groups (broad SMARTS) is 1. The first-order valence-electron chi connectivity index (χ1n) is 11.7. The number of carbonyl (C=O) groups excluding carboxylic acids is 2. The molecule has 2 unspecified atom stereocenters. The summed E-state index contributed by atoms with van der Waals surface area (Å²) in [6.07, 6.45) is -0.241. The number of anilines is 1. The molecular formula is C28H26N2O5. The Hall–Kier alpha value is -4.13.